The SMILES string of the molecule is Cc1ccc(C(=O)OC(C(N)=O)c2ccccc2)o1. The number of hydrogen-bond donors (Lipinski definition) is 1. The van der Waals surface area contributed by atoms with Crippen LogP contribution in [0.15, 0.2) is 46.9 Å². The molecule has 0 spiro atoms. The Labute approximate surface area is 110 Å². The third-order valence-corrected chi connectivity index (χ3v) is 2.53. The van der Waals surface area contributed by atoms with Gasteiger partial charge < -0.3 is 14.9 Å². The van der Waals surface area contributed by atoms with Gasteiger partial charge in [-0.05, 0) is 19.1 Å². The first kappa shape index (κ1) is 12.9. The van der Waals surface area contributed by atoms with Gasteiger partial charge in [-0.3, -0.25) is 4.79 Å². The molecule has 1 amide bonds. The molecule has 98 valence electrons. The maximum atomic E-state index is 11.8. The van der Waals surface area contributed by atoms with Crippen molar-refractivity contribution in [1.29, 1.82) is 0 Å². The molecule has 1 atom stereocenters. The van der Waals surface area contributed by atoms with Crippen LogP contribution in [0, 0.1) is 6.92 Å². The van der Waals surface area contributed by atoms with Gasteiger partial charge in [0.1, 0.15) is 5.76 Å². The molecule has 1 unspecified atom stereocenters. The zero-order valence-electron chi connectivity index (χ0n) is 10.3. The molecule has 19 heavy (non-hydrogen) atoms. The number of carbonyl (C=O) groups excluding carboxylic acids is 2. The summed E-state index contributed by atoms with van der Waals surface area (Å²) in [7, 11) is 0. The third-order valence-electron chi connectivity index (χ3n) is 2.53. The molecule has 0 bridgehead atoms. The average Bonchev–Trinajstić information content (AvgIpc) is 2.83. The molecule has 0 aliphatic carbocycles. The predicted molar refractivity (Wildman–Crippen MR) is 67.2 cm³/mol. The van der Waals surface area contributed by atoms with Crippen molar-refractivity contribution in [2.75, 3.05) is 0 Å². The summed E-state index contributed by atoms with van der Waals surface area (Å²) in [6.45, 7) is 1.71. The van der Waals surface area contributed by atoms with Gasteiger partial charge in [0, 0.05) is 5.56 Å². The van der Waals surface area contributed by atoms with Gasteiger partial charge in [-0.2, -0.15) is 0 Å². The number of carbonyl (C=O) groups is 2. The van der Waals surface area contributed by atoms with Gasteiger partial charge in [0.2, 0.25) is 11.9 Å². The summed E-state index contributed by atoms with van der Waals surface area (Å²) in [5.74, 6) is -0.828. The molecule has 2 rings (SSSR count). The minimum atomic E-state index is -1.13. The first-order chi connectivity index (χ1) is 9.08. The third kappa shape index (κ3) is 3.01. The van der Waals surface area contributed by atoms with Crippen LogP contribution in [0.2, 0.25) is 0 Å². The fraction of sp³-hybridized carbons (Fsp3) is 0.143. The first-order valence-electron chi connectivity index (χ1n) is 5.69. The topological polar surface area (TPSA) is 82.5 Å². The van der Waals surface area contributed by atoms with Gasteiger partial charge in [-0.25, -0.2) is 4.79 Å². The van der Waals surface area contributed by atoms with Crippen molar-refractivity contribution in [3.8, 4) is 0 Å². The lowest BCUT2D eigenvalue weighted by atomic mass is 10.1. The fourth-order valence-electron chi connectivity index (χ4n) is 1.63. The second-order valence-corrected chi connectivity index (χ2v) is 4.01. The summed E-state index contributed by atoms with van der Waals surface area (Å²) >= 11 is 0. The van der Waals surface area contributed by atoms with Crippen molar-refractivity contribution in [3.63, 3.8) is 0 Å². The second kappa shape index (κ2) is 5.39. The molecule has 0 saturated carbocycles. The Hall–Kier alpha value is -2.56. The van der Waals surface area contributed by atoms with Gasteiger partial charge in [0.15, 0.2) is 0 Å². The highest BCUT2D eigenvalue weighted by molar-refractivity contribution is 5.90. The minimum absolute atomic E-state index is 0.0414. The quantitative estimate of drug-likeness (QED) is 0.851. The molecule has 0 aliphatic heterocycles. The normalized spacial score (nSPS) is 11.8. The van der Waals surface area contributed by atoms with E-state index in [0.29, 0.717) is 11.3 Å². The summed E-state index contributed by atoms with van der Waals surface area (Å²) < 4.78 is 10.2. The van der Waals surface area contributed by atoms with Gasteiger partial charge in [0.25, 0.3) is 5.91 Å². The Kier molecular flexibility index (Phi) is 3.66. The molecule has 0 saturated heterocycles. The van der Waals surface area contributed by atoms with Gasteiger partial charge >= 0.3 is 5.97 Å². The van der Waals surface area contributed by atoms with Crippen molar-refractivity contribution in [1.82, 2.24) is 0 Å². The van der Waals surface area contributed by atoms with Crippen LogP contribution in [-0.2, 0) is 9.53 Å². The lowest BCUT2D eigenvalue weighted by molar-refractivity contribution is -0.127. The van der Waals surface area contributed by atoms with Crippen molar-refractivity contribution in [3.05, 3.63) is 59.5 Å². The number of benzene rings is 1. The van der Waals surface area contributed by atoms with Crippen LogP contribution >= 0.6 is 0 Å². The monoisotopic (exact) mass is 259 g/mol. The lowest BCUT2D eigenvalue weighted by Gasteiger charge is -2.13. The fourth-order valence-corrected chi connectivity index (χ4v) is 1.63. The molecule has 0 aliphatic rings. The van der Waals surface area contributed by atoms with E-state index in [-0.39, 0.29) is 5.76 Å². The summed E-state index contributed by atoms with van der Waals surface area (Å²) in [5.41, 5.74) is 5.77. The molecule has 5 nitrogen and oxygen atoms in total. The molecular formula is C14H13NO4. The number of furan rings is 1. The number of esters is 1. The largest absolute Gasteiger partial charge is 0.454 e. The number of primary amides is 1. The van der Waals surface area contributed by atoms with Crippen LogP contribution < -0.4 is 5.73 Å². The van der Waals surface area contributed by atoms with E-state index in [1.54, 1.807) is 43.3 Å². The smallest absolute Gasteiger partial charge is 0.375 e. The van der Waals surface area contributed by atoms with Crippen LogP contribution in [-0.4, -0.2) is 11.9 Å². The Balaban J connectivity index is 2.18. The zero-order chi connectivity index (χ0) is 13.8. The number of aryl methyl sites for hydroxylation is 1. The highest BCUT2D eigenvalue weighted by Crippen LogP contribution is 2.19. The van der Waals surface area contributed by atoms with Crippen molar-refractivity contribution >= 4 is 11.9 Å². The maximum Gasteiger partial charge on any atom is 0.375 e. The van der Waals surface area contributed by atoms with E-state index in [0.717, 1.165) is 0 Å². The van der Waals surface area contributed by atoms with Crippen molar-refractivity contribution in [2.45, 2.75) is 13.0 Å². The first-order valence-corrected chi connectivity index (χ1v) is 5.69. The van der Waals surface area contributed by atoms with Crippen LogP contribution in [0.25, 0.3) is 0 Å². The molecule has 2 aromatic rings. The standard InChI is InChI=1S/C14H13NO4/c1-9-7-8-11(18-9)14(17)19-12(13(15)16)10-5-3-2-4-6-10/h2-8,12H,1H3,(H2,15,16). The number of ether oxygens (including phenoxy) is 1. The van der Waals surface area contributed by atoms with E-state index < -0.39 is 18.0 Å². The van der Waals surface area contributed by atoms with Crippen molar-refractivity contribution < 1.29 is 18.7 Å². The van der Waals surface area contributed by atoms with E-state index in [1.165, 1.54) is 6.07 Å². The van der Waals surface area contributed by atoms with Gasteiger partial charge in [0.05, 0.1) is 0 Å². The van der Waals surface area contributed by atoms with E-state index >= 15 is 0 Å². The number of rotatable bonds is 4. The highest BCUT2D eigenvalue weighted by Gasteiger charge is 2.24. The van der Waals surface area contributed by atoms with Crippen LogP contribution in [0.1, 0.15) is 28.0 Å². The number of amides is 1. The number of nitrogens with two attached hydrogens (primary N) is 1. The summed E-state index contributed by atoms with van der Waals surface area (Å²) in [5, 5.41) is 0. The molecule has 2 N–H and O–H groups in total. The summed E-state index contributed by atoms with van der Waals surface area (Å²) in [4.78, 5) is 23.2. The van der Waals surface area contributed by atoms with E-state index in [4.69, 9.17) is 14.9 Å². The second-order valence-electron chi connectivity index (χ2n) is 4.01. The van der Waals surface area contributed by atoms with Gasteiger partial charge in [-0.1, -0.05) is 30.3 Å². The maximum absolute atomic E-state index is 11.8. The molecule has 1 aromatic heterocycles. The van der Waals surface area contributed by atoms with Crippen LogP contribution in [0.3, 0.4) is 0 Å². The molecule has 0 fully saturated rings. The molecular weight excluding hydrogens is 246 g/mol. The molecule has 1 heterocycles. The average molecular weight is 259 g/mol. The Morgan fingerprint density at radius 1 is 1.16 bits per heavy atom. The van der Waals surface area contributed by atoms with E-state index in [2.05, 4.69) is 0 Å². The van der Waals surface area contributed by atoms with Gasteiger partial charge in [-0.15, -0.1) is 0 Å². The van der Waals surface area contributed by atoms with E-state index in [1.807, 2.05) is 0 Å². The van der Waals surface area contributed by atoms with Crippen molar-refractivity contribution in [2.24, 2.45) is 5.73 Å². The van der Waals surface area contributed by atoms with Crippen LogP contribution in [0.4, 0.5) is 0 Å². The summed E-state index contributed by atoms with van der Waals surface area (Å²) in [6, 6.07) is 11.7. The summed E-state index contributed by atoms with van der Waals surface area (Å²) in [6.07, 6.45) is -1.13. The zero-order valence-corrected chi connectivity index (χ0v) is 10.3. The Morgan fingerprint density at radius 3 is 2.37 bits per heavy atom. The van der Waals surface area contributed by atoms with E-state index in [9.17, 15) is 9.59 Å². The minimum Gasteiger partial charge on any atom is -0.454 e. The number of hydrogen-bond acceptors (Lipinski definition) is 4. The molecule has 0 radical (unpaired) electrons. The Morgan fingerprint density at radius 2 is 1.84 bits per heavy atom. The Bertz CT molecular complexity index is 589. The lowest BCUT2D eigenvalue weighted by Crippen LogP contribution is -2.26. The highest BCUT2D eigenvalue weighted by atomic mass is 16.6. The molecule has 5 heteroatoms. The predicted octanol–water partition coefficient (Wildman–Crippen LogP) is 1.97. The van der Waals surface area contributed by atoms with Crippen LogP contribution in [0.5, 0.6) is 0 Å². The molecule has 1 aromatic carbocycles.